The number of rotatable bonds is 8. The van der Waals surface area contributed by atoms with Crippen LogP contribution < -0.4 is 19.5 Å². The Morgan fingerprint density at radius 2 is 1.65 bits per heavy atom. The number of nitrogens with one attached hydrogen (secondary N) is 1. The van der Waals surface area contributed by atoms with E-state index in [1.54, 1.807) is 33.5 Å². The number of benzene rings is 2. The zero-order chi connectivity index (χ0) is 19.1. The molecule has 5 nitrogen and oxygen atoms in total. The number of carbonyl (C=O) groups excluding carboxylic acids is 1. The van der Waals surface area contributed by atoms with Gasteiger partial charge in [-0.2, -0.15) is 0 Å². The quantitative estimate of drug-likeness (QED) is 0.593. The molecule has 1 N–H and O–H groups in total. The van der Waals surface area contributed by atoms with Gasteiger partial charge in [0.15, 0.2) is 11.5 Å². The van der Waals surface area contributed by atoms with Gasteiger partial charge in [-0.15, -0.1) is 0 Å². The predicted molar refractivity (Wildman–Crippen MR) is 111 cm³/mol. The van der Waals surface area contributed by atoms with Crippen molar-refractivity contribution in [2.75, 3.05) is 21.3 Å². The van der Waals surface area contributed by atoms with E-state index in [-0.39, 0.29) is 11.9 Å². The lowest BCUT2D eigenvalue weighted by Crippen LogP contribution is -2.33. The molecule has 0 aliphatic heterocycles. The third-order valence-corrected chi connectivity index (χ3v) is 5.01. The molecular formula is C20H24INO4. The highest BCUT2D eigenvalue weighted by Crippen LogP contribution is 2.31. The average molecular weight is 469 g/mol. The van der Waals surface area contributed by atoms with Gasteiger partial charge in [-0.25, -0.2) is 0 Å². The zero-order valence-corrected chi connectivity index (χ0v) is 17.6. The number of ether oxygens (including phenoxy) is 3. The van der Waals surface area contributed by atoms with Crippen LogP contribution in [0.5, 0.6) is 17.2 Å². The number of carbonyl (C=O) groups is 1. The second-order valence-electron chi connectivity index (χ2n) is 5.95. The van der Waals surface area contributed by atoms with E-state index < -0.39 is 0 Å². The summed E-state index contributed by atoms with van der Waals surface area (Å²) in [5, 5.41) is 3.05. The van der Waals surface area contributed by atoms with E-state index in [9.17, 15) is 4.79 Å². The Balaban J connectivity index is 1.97. The first-order valence-electron chi connectivity index (χ1n) is 8.33. The molecule has 0 aliphatic carbocycles. The Kier molecular flexibility index (Phi) is 7.56. The lowest BCUT2D eigenvalue weighted by molar-refractivity contribution is 0.0937. The SMILES string of the molecule is COc1ccc(CCC(C)NC(=O)c2cc(OC)c(OC)cc2I)cc1. The van der Waals surface area contributed by atoms with Gasteiger partial charge in [-0.3, -0.25) is 4.79 Å². The van der Waals surface area contributed by atoms with Gasteiger partial charge in [0.05, 0.1) is 26.9 Å². The molecule has 0 aliphatic rings. The molecule has 0 radical (unpaired) electrons. The van der Waals surface area contributed by atoms with Crippen molar-refractivity contribution < 1.29 is 19.0 Å². The van der Waals surface area contributed by atoms with Crippen molar-refractivity contribution in [3.8, 4) is 17.2 Å². The first kappa shape index (κ1) is 20.4. The van der Waals surface area contributed by atoms with Crippen molar-refractivity contribution in [3.63, 3.8) is 0 Å². The van der Waals surface area contributed by atoms with Crippen molar-refractivity contribution in [2.24, 2.45) is 0 Å². The van der Waals surface area contributed by atoms with E-state index in [2.05, 4.69) is 27.9 Å². The molecule has 140 valence electrons. The second-order valence-corrected chi connectivity index (χ2v) is 7.11. The maximum atomic E-state index is 12.6. The highest BCUT2D eigenvalue weighted by Gasteiger charge is 2.17. The molecule has 6 heteroatoms. The summed E-state index contributed by atoms with van der Waals surface area (Å²) in [5.41, 5.74) is 1.80. The van der Waals surface area contributed by atoms with Gasteiger partial charge >= 0.3 is 0 Å². The molecule has 0 aromatic heterocycles. The summed E-state index contributed by atoms with van der Waals surface area (Å²) in [6.45, 7) is 2.01. The number of hydrogen-bond donors (Lipinski definition) is 1. The summed E-state index contributed by atoms with van der Waals surface area (Å²) in [7, 11) is 4.79. The Labute approximate surface area is 168 Å². The molecule has 0 heterocycles. The predicted octanol–water partition coefficient (Wildman–Crippen LogP) is 4.07. The van der Waals surface area contributed by atoms with Gasteiger partial charge in [-0.1, -0.05) is 12.1 Å². The third-order valence-electron chi connectivity index (χ3n) is 4.12. The van der Waals surface area contributed by atoms with E-state index in [1.165, 1.54) is 5.56 Å². The van der Waals surface area contributed by atoms with Gasteiger partial charge in [0.25, 0.3) is 5.91 Å². The highest BCUT2D eigenvalue weighted by molar-refractivity contribution is 14.1. The van der Waals surface area contributed by atoms with Crippen LogP contribution in [0.2, 0.25) is 0 Å². The summed E-state index contributed by atoms with van der Waals surface area (Å²) in [5.74, 6) is 1.89. The zero-order valence-electron chi connectivity index (χ0n) is 15.5. The molecule has 2 rings (SSSR count). The summed E-state index contributed by atoms with van der Waals surface area (Å²) in [6.07, 6.45) is 1.73. The maximum absolute atomic E-state index is 12.6. The number of methoxy groups -OCH3 is 3. The molecule has 26 heavy (non-hydrogen) atoms. The Bertz CT molecular complexity index is 746. The minimum Gasteiger partial charge on any atom is -0.497 e. The molecule has 0 fully saturated rings. The largest absolute Gasteiger partial charge is 0.497 e. The fourth-order valence-corrected chi connectivity index (χ4v) is 3.26. The summed E-state index contributed by atoms with van der Waals surface area (Å²) >= 11 is 2.13. The van der Waals surface area contributed by atoms with Gasteiger partial charge in [-0.05, 0) is 72.2 Å². The lowest BCUT2D eigenvalue weighted by atomic mass is 10.1. The standard InChI is InChI=1S/C20H24INO4/c1-13(5-6-14-7-9-15(24-2)10-8-14)22-20(23)16-11-18(25-3)19(26-4)12-17(16)21/h7-13H,5-6H2,1-4H3,(H,22,23). The van der Waals surface area contributed by atoms with Crippen LogP contribution in [0.3, 0.4) is 0 Å². The molecule has 1 unspecified atom stereocenters. The number of amides is 1. The second kappa shape index (κ2) is 9.66. The van der Waals surface area contributed by atoms with Crippen LogP contribution in [0, 0.1) is 3.57 Å². The van der Waals surface area contributed by atoms with Crippen molar-refractivity contribution in [1.82, 2.24) is 5.32 Å². The van der Waals surface area contributed by atoms with Crippen molar-refractivity contribution in [1.29, 1.82) is 0 Å². The smallest absolute Gasteiger partial charge is 0.252 e. The van der Waals surface area contributed by atoms with E-state index in [1.807, 2.05) is 31.2 Å². The van der Waals surface area contributed by atoms with E-state index in [0.717, 1.165) is 22.2 Å². The van der Waals surface area contributed by atoms with Gasteiger partial charge in [0, 0.05) is 9.61 Å². The Hall–Kier alpha value is -1.96. The van der Waals surface area contributed by atoms with Crippen LogP contribution in [0.25, 0.3) is 0 Å². The fraction of sp³-hybridized carbons (Fsp3) is 0.350. The maximum Gasteiger partial charge on any atom is 0.252 e. The topological polar surface area (TPSA) is 56.8 Å². The first-order valence-corrected chi connectivity index (χ1v) is 9.41. The van der Waals surface area contributed by atoms with Crippen molar-refractivity contribution >= 4 is 28.5 Å². The van der Waals surface area contributed by atoms with Gasteiger partial charge < -0.3 is 19.5 Å². The van der Waals surface area contributed by atoms with E-state index >= 15 is 0 Å². The molecule has 2 aromatic carbocycles. The number of hydrogen-bond acceptors (Lipinski definition) is 4. The minimum absolute atomic E-state index is 0.0495. The molecule has 1 amide bonds. The summed E-state index contributed by atoms with van der Waals surface area (Å²) in [4.78, 5) is 12.6. The van der Waals surface area contributed by atoms with Crippen molar-refractivity contribution in [3.05, 3.63) is 51.1 Å². The third kappa shape index (κ3) is 5.27. The van der Waals surface area contributed by atoms with Crippen LogP contribution in [0.15, 0.2) is 36.4 Å². The highest BCUT2D eigenvalue weighted by atomic mass is 127. The normalized spacial score (nSPS) is 11.6. The van der Waals surface area contributed by atoms with Crippen LogP contribution in [0.4, 0.5) is 0 Å². The van der Waals surface area contributed by atoms with Gasteiger partial charge in [0.1, 0.15) is 5.75 Å². The lowest BCUT2D eigenvalue weighted by Gasteiger charge is -2.16. The molecule has 0 spiro atoms. The first-order chi connectivity index (χ1) is 12.5. The van der Waals surface area contributed by atoms with Crippen LogP contribution in [-0.2, 0) is 6.42 Å². The molecule has 0 saturated heterocycles. The minimum atomic E-state index is -0.113. The monoisotopic (exact) mass is 469 g/mol. The summed E-state index contributed by atoms with van der Waals surface area (Å²) < 4.78 is 16.5. The molecule has 0 bridgehead atoms. The van der Waals surface area contributed by atoms with E-state index in [4.69, 9.17) is 14.2 Å². The van der Waals surface area contributed by atoms with Crippen LogP contribution in [0.1, 0.15) is 29.3 Å². The Morgan fingerprint density at radius 1 is 1.04 bits per heavy atom. The van der Waals surface area contributed by atoms with Gasteiger partial charge in [0.2, 0.25) is 0 Å². The molecular weight excluding hydrogens is 445 g/mol. The number of aryl methyl sites for hydroxylation is 1. The average Bonchev–Trinajstić information content (AvgIpc) is 2.66. The van der Waals surface area contributed by atoms with Crippen molar-refractivity contribution in [2.45, 2.75) is 25.8 Å². The number of halogens is 1. The summed E-state index contributed by atoms with van der Waals surface area (Å²) in [6, 6.07) is 11.6. The molecule has 1 atom stereocenters. The van der Waals surface area contributed by atoms with E-state index in [0.29, 0.717) is 17.1 Å². The van der Waals surface area contributed by atoms with Crippen LogP contribution >= 0.6 is 22.6 Å². The van der Waals surface area contributed by atoms with Crippen LogP contribution in [-0.4, -0.2) is 33.3 Å². The molecule has 2 aromatic rings. The Morgan fingerprint density at radius 3 is 2.23 bits per heavy atom. The molecule has 0 saturated carbocycles. The fourth-order valence-electron chi connectivity index (χ4n) is 2.58.